The van der Waals surface area contributed by atoms with Crippen molar-refractivity contribution in [2.45, 2.75) is 84.2 Å². The molecule has 3 aromatic carbocycles. The van der Waals surface area contributed by atoms with Crippen LogP contribution in [0.15, 0.2) is 66.7 Å². The predicted octanol–water partition coefficient (Wildman–Crippen LogP) is 8.26. The fourth-order valence-electron chi connectivity index (χ4n) is 6.61. The quantitative estimate of drug-likeness (QED) is 0.314. The number of likely N-dealkylation sites (tertiary alicyclic amines) is 1. The average Bonchev–Trinajstić information content (AvgIpc) is 3.36. The van der Waals surface area contributed by atoms with Crippen molar-refractivity contribution < 1.29 is 14.0 Å². The van der Waals surface area contributed by atoms with Gasteiger partial charge >= 0.3 is 0 Å². The van der Waals surface area contributed by atoms with Gasteiger partial charge in [-0.05, 0) is 97.4 Å². The Morgan fingerprint density at radius 1 is 0.929 bits per heavy atom. The Morgan fingerprint density at radius 3 is 2.33 bits per heavy atom. The van der Waals surface area contributed by atoms with Gasteiger partial charge in [-0.3, -0.25) is 9.59 Å². The van der Waals surface area contributed by atoms with Crippen LogP contribution in [0.2, 0.25) is 0 Å². The molecule has 0 aromatic heterocycles. The number of amides is 2. The second kappa shape index (κ2) is 12.3. The lowest BCUT2D eigenvalue weighted by Gasteiger charge is -2.41. The van der Waals surface area contributed by atoms with E-state index in [-0.39, 0.29) is 22.8 Å². The number of benzene rings is 3. The first-order valence-electron chi connectivity index (χ1n) is 15.3. The Labute approximate surface area is 249 Å². The number of nitrogens with zero attached hydrogens (tertiary/aromatic N) is 1. The molecule has 3 aromatic rings. The van der Waals surface area contributed by atoms with E-state index >= 15 is 4.39 Å². The van der Waals surface area contributed by atoms with Gasteiger partial charge < -0.3 is 15.5 Å². The summed E-state index contributed by atoms with van der Waals surface area (Å²) in [4.78, 5) is 29.6. The van der Waals surface area contributed by atoms with Gasteiger partial charge in [0.2, 0.25) is 5.91 Å². The van der Waals surface area contributed by atoms with Crippen LogP contribution in [0.3, 0.4) is 0 Å². The molecule has 1 saturated heterocycles. The van der Waals surface area contributed by atoms with E-state index in [1.54, 1.807) is 24.0 Å². The summed E-state index contributed by atoms with van der Waals surface area (Å²) in [6, 6.07) is 20.7. The number of carbonyl (C=O) groups is 2. The van der Waals surface area contributed by atoms with Crippen molar-refractivity contribution >= 4 is 23.2 Å². The molecule has 0 radical (unpaired) electrons. The molecule has 1 aliphatic carbocycles. The van der Waals surface area contributed by atoms with Gasteiger partial charge in [0.15, 0.2) is 0 Å². The SMILES string of the molecule is Cc1cccc(F)c1C(=O)N1CCC[C@H](C(=O)Nc2cccc(C(C)(C)C)c2)[C@@H]1c1ccc(NC2CC[C@@H](C)C2)cc1. The maximum Gasteiger partial charge on any atom is 0.257 e. The van der Waals surface area contributed by atoms with Crippen molar-refractivity contribution in [3.63, 3.8) is 0 Å². The van der Waals surface area contributed by atoms with E-state index in [4.69, 9.17) is 0 Å². The molecule has 222 valence electrons. The lowest BCUT2D eigenvalue weighted by atomic mass is 9.83. The van der Waals surface area contributed by atoms with E-state index in [0.717, 1.165) is 41.3 Å². The molecule has 1 heterocycles. The largest absolute Gasteiger partial charge is 0.382 e. The highest BCUT2D eigenvalue weighted by Gasteiger charge is 2.40. The molecule has 0 spiro atoms. The zero-order valence-electron chi connectivity index (χ0n) is 25.5. The summed E-state index contributed by atoms with van der Waals surface area (Å²) >= 11 is 0. The highest BCUT2D eigenvalue weighted by atomic mass is 19.1. The Balaban J connectivity index is 1.46. The van der Waals surface area contributed by atoms with Crippen molar-refractivity contribution in [1.29, 1.82) is 0 Å². The molecule has 1 unspecified atom stereocenters. The third kappa shape index (κ3) is 6.53. The first kappa shape index (κ1) is 29.8. The number of aryl methyl sites for hydroxylation is 1. The molecule has 6 heteroatoms. The normalized spacial score (nSPS) is 22.6. The summed E-state index contributed by atoms with van der Waals surface area (Å²) in [7, 11) is 0. The molecule has 42 heavy (non-hydrogen) atoms. The second-order valence-corrected chi connectivity index (χ2v) is 13.3. The zero-order valence-corrected chi connectivity index (χ0v) is 25.5. The lowest BCUT2D eigenvalue weighted by molar-refractivity contribution is -0.123. The van der Waals surface area contributed by atoms with Crippen molar-refractivity contribution in [2.24, 2.45) is 11.8 Å². The molecular formula is C36H44FN3O2. The van der Waals surface area contributed by atoms with Gasteiger partial charge in [0.05, 0.1) is 17.5 Å². The monoisotopic (exact) mass is 569 g/mol. The molecule has 0 bridgehead atoms. The molecule has 5 rings (SSSR count). The first-order valence-corrected chi connectivity index (χ1v) is 15.3. The molecule has 1 saturated carbocycles. The third-order valence-electron chi connectivity index (χ3n) is 8.98. The number of anilines is 2. The number of piperidine rings is 1. The number of hydrogen-bond donors (Lipinski definition) is 2. The Bertz CT molecular complexity index is 1410. The number of nitrogens with one attached hydrogen (secondary N) is 2. The summed E-state index contributed by atoms with van der Waals surface area (Å²) in [5.74, 6) is -0.785. The molecule has 4 atom stereocenters. The topological polar surface area (TPSA) is 61.4 Å². The number of halogens is 1. The van der Waals surface area contributed by atoms with Gasteiger partial charge in [0.1, 0.15) is 5.82 Å². The minimum Gasteiger partial charge on any atom is -0.382 e. The summed E-state index contributed by atoms with van der Waals surface area (Å²) in [6.45, 7) is 10.9. The molecular weight excluding hydrogens is 525 g/mol. The van der Waals surface area contributed by atoms with Crippen molar-refractivity contribution in [1.82, 2.24) is 4.90 Å². The van der Waals surface area contributed by atoms with Crippen LogP contribution in [0.25, 0.3) is 0 Å². The van der Waals surface area contributed by atoms with Crippen LogP contribution in [0, 0.1) is 24.6 Å². The van der Waals surface area contributed by atoms with E-state index in [0.29, 0.717) is 31.0 Å². The molecule has 2 fully saturated rings. The minimum atomic E-state index is -0.533. The lowest BCUT2D eigenvalue weighted by Crippen LogP contribution is -2.46. The smallest absolute Gasteiger partial charge is 0.257 e. The van der Waals surface area contributed by atoms with Crippen LogP contribution >= 0.6 is 0 Å². The Kier molecular flexibility index (Phi) is 8.72. The molecule has 2 N–H and O–H groups in total. The first-order chi connectivity index (χ1) is 20.0. The number of hydrogen-bond acceptors (Lipinski definition) is 3. The Morgan fingerprint density at radius 2 is 1.67 bits per heavy atom. The molecule has 2 aliphatic rings. The van der Waals surface area contributed by atoms with Crippen molar-refractivity contribution in [3.05, 3.63) is 94.8 Å². The standard InChI is InChI=1S/C36H44FN3O2/c1-23-14-17-29(21-23)38-27-18-15-25(16-19-27)33-30(34(41)39-28-11-7-10-26(22-28)36(3,4)5)12-8-20-40(33)35(42)32-24(2)9-6-13-31(32)37/h6-7,9-11,13,15-16,18-19,22-23,29-30,33,38H,8,12,14,17,20-21H2,1-5H3,(H,39,41)/t23-,29?,30+,33+/m1/s1. The molecule has 1 aliphatic heterocycles. The van der Waals surface area contributed by atoms with E-state index in [2.05, 4.69) is 44.4 Å². The van der Waals surface area contributed by atoms with Gasteiger partial charge in [0.25, 0.3) is 5.91 Å². The fourth-order valence-corrected chi connectivity index (χ4v) is 6.61. The maximum absolute atomic E-state index is 15.0. The summed E-state index contributed by atoms with van der Waals surface area (Å²) < 4.78 is 15.0. The van der Waals surface area contributed by atoms with Gasteiger partial charge in [-0.2, -0.15) is 0 Å². The van der Waals surface area contributed by atoms with E-state index in [9.17, 15) is 9.59 Å². The zero-order chi connectivity index (χ0) is 30.0. The van der Waals surface area contributed by atoms with Crippen molar-refractivity contribution in [3.8, 4) is 0 Å². The van der Waals surface area contributed by atoms with E-state index in [1.807, 2.05) is 42.5 Å². The molecule has 5 nitrogen and oxygen atoms in total. The minimum absolute atomic E-state index is 0.0543. The van der Waals surface area contributed by atoms with Crippen LogP contribution < -0.4 is 10.6 Å². The van der Waals surface area contributed by atoms with E-state index < -0.39 is 17.8 Å². The third-order valence-corrected chi connectivity index (χ3v) is 8.98. The summed E-state index contributed by atoms with van der Waals surface area (Å²) in [6.07, 6.45) is 4.85. The Hall–Kier alpha value is -3.67. The van der Waals surface area contributed by atoms with Crippen LogP contribution in [0.5, 0.6) is 0 Å². The predicted molar refractivity (Wildman–Crippen MR) is 168 cm³/mol. The number of rotatable bonds is 6. The van der Waals surface area contributed by atoms with Gasteiger partial charge in [-0.25, -0.2) is 4.39 Å². The highest BCUT2D eigenvalue weighted by molar-refractivity contribution is 5.98. The van der Waals surface area contributed by atoms with Crippen LogP contribution in [0.4, 0.5) is 15.8 Å². The van der Waals surface area contributed by atoms with E-state index in [1.165, 1.54) is 12.5 Å². The van der Waals surface area contributed by atoms with Gasteiger partial charge in [-0.1, -0.05) is 64.1 Å². The van der Waals surface area contributed by atoms with Gasteiger partial charge in [0, 0.05) is 24.0 Å². The summed E-state index contributed by atoms with van der Waals surface area (Å²) in [5, 5.41) is 6.80. The average molecular weight is 570 g/mol. The van der Waals surface area contributed by atoms with Crippen LogP contribution in [-0.4, -0.2) is 29.3 Å². The summed E-state index contributed by atoms with van der Waals surface area (Å²) in [5.41, 5.74) is 4.41. The van der Waals surface area contributed by atoms with Crippen molar-refractivity contribution in [2.75, 3.05) is 17.2 Å². The fraction of sp³-hybridized carbons (Fsp3) is 0.444. The van der Waals surface area contributed by atoms with Gasteiger partial charge in [-0.15, -0.1) is 0 Å². The number of carbonyl (C=O) groups excluding carboxylic acids is 2. The van der Waals surface area contributed by atoms with Crippen LogP contribution in [-0.2, 0) is 10.2 Å². The second-order valence-electron chi connectivity index (χ2n) is 13.3. The maximum atomic E-state index is 15.0. The molecule has 2 amide bonds. The highest BCUT2D eigenvalue weighted by Crippen LogP contribution is 2.39. The van der Waals surface area contributed by atoms with Crippen LogP contribution in [0.1, 0.15) is 92.9 Å².